The van der Waals surface area contributed by atoms with E-state index in [4.69, 9.17) is 4.74 Å². The summed E-state index contributed by atoms with van der Waals surface area (Å²) >= 11 is 0. The van der Waals surface area contributed by atoms with Gasteiger partial charge in [-0.2, -0.15) is 0 Å². The van der Waals surface area contributed by atoms with E-state index in [0.29, 0.717) is 30.7 Å². The van der Waals surface area contributed by atoms with E-state index in [1.54, 1.807) is 0 Å². The molecule has 2 amide bonds. The average molecular weight is 713 g/mol. The molecule has 5 rings (SSSR count). The van der Waals surface area contributed by atoms with E-state index >= 15 is 0 Å². The fraction of sp³-hybridized carbons (Fsp3) is 0.306. The topological polar surface area (TPSA) is 102 Å². The van der Waals surface area contributed by atoms with E-state index in [2.05, 4.69) is 84.9 Å². The number of morpholine rings is 1. The Morgan fingerprint density at radius 3 is 2.43 bits per heavy atom. The van der Waals surface area contributed by atoms with Gasteiger partial charge in [0.1, 0.15) is 5.82 Å². The van der Waals surface area contributed by atoms with Gasteiger partial charge >= 0.3 is 6.09 Å². The van der Waals surface area contributed by atoms with E-state index in [0.717, 1.165) is 47.4 Å². The number of nitrogens with zero attached hydrogens (tertiary/aromatic N) is 1. The SMILES string of the molecule is C#C.COC(=O)NCC(F)(F)P.O=C(C[C@H](c1ccc(P)cc1)c1ccc2ccccc2c1)Nc1cncc(F)c1CC[C@@H]1CNCCO1. The van der Waals surface area contributed by atoms with Crippen molar-refractivity contribution in [3.8, 4) is 12.8 Å². The molecule has 0 radical (unpaired) electrons. The molecular formula is C36H41F3N4O4P2. The van der Waals surface area contributed by atoms with Gasteiger partial charge in [-0.05, 0) is 40.0 Å². The molecule has 0 bridgehead atoms. The normalized spacial score (nSPS) is 14.7. The molecule has 0 saturated carbocycles. The highest BCUT2D eigenvalue weighted by Gasteiger charge is 2.23. The van der Waals surface area contributed by atoms with E-state index < -0.39 is 24.1 Å². The number of alkyl carbamates (subject to hydrolysis) is 1. The number of carbonyl (C=O) groups is 2. The zero-order valence-electron chi connectivity index (χ0n) is 27.1. The number of ether oxygens (including phenoxy) is 2. The summed E-state index contributed by atoms with van der Waals surface area (Å²) in [4.78, 5) is 27.5. The maximum absolute atomic E-state index is 14.8. The van der Waals surface area contributed by atoms with Crippen molar-refractivity contribution in [1.29, 1.82) is 0 Å². The Morgan fingerprint density at radius 1 is 1.08 bits per heavy atom. The number of anilines is 1. The van der Waals surface area contributed by atoms with Crippen LogP contribution in [0.15, 0.2) is 79.1 Å². The average Bonchev–Trinajstić information content (AvgIpc) is 3.11. The number of nitrogens with one attached hydrogen (secondary N) is 3. The van der Waals surface area contributed by atoms with Crippen molar-refractivity contribution in [3.05, 3.63) is 102 Å². The summed E-state index contributed by atoms with van der Waals surface area (Å²) in [5.41, 5.74) is 0.0355. The summed E-state index contributed by atoms with van der Waals surface area (Å²) in [6, 6.07) is 22.7. The molecule has 2 unspecified atom stereocenters. The van der Waals surface area contributed by atoms with Gasteiger partial charge in [0.05, 0.1) is 44.4 Å². The molecule has 4 aromatic rings. The molecule has 13 heteroatoms. The van der Waals surface area contributed by atoms with Gasteiger partial charge in [-0.1, -0.05) is 76.0 Å². The molecule has 1 fully saturated rings. The first-order chi connectivity index (χ1) is 23.5. The van der Waals surface area contributed by atoms with Gasteiger partial charge in [-0.15, -0.1) is 22.1 Å². The first-order valence-electron chi connectivity index (χ1n) is 15.4. The first-order valence-corrected chi connectivity index (χ1v) is 16.6. The number of aromatic nitrogens is 1. The van der Waals surface area contributed by atoms with Gasteiger partial charge in [0, 0.05) is 31.0 Å². The van der Waals surface area contributed by atoms with Crippen LogP contribution >= 0.6 is 18.5 Å². The minimum Gasteiger partial charge on any atom is -0.453 e. The fourth-order valence-corrected chi connectivity index (χ4v) is 5.46. The second-order valence-corrected chi connectivity index (χ2v) is 12.6. The fourth-order valence-electron chi connectivity index (χ4n) is 5.16. The van der Waals surface area contributed by atoms with E-state index in [-0.39, 0.29) is 24.3 Å². The number of carbonyl (C=O) groups excluding carboxylic acids is 2. The lowest BCUT2D eigenvalue weighted by atomic mass is 9.87. The number of alkyl halides is 2. The number of amides is 2. The molecule has 260 valence electrons. The van der Waals surface area contributed by atoms with Crippen molar-refractivity contribution in [3.63, 3.8) is 0 Å². The van der Waals surface area contributed by atoms with Crippen LogP contribution in [0.1, 0.15) is 35.4 Å². The van der Waals surface area contributed by atoms with Gasteiger partial charge < -0.3 is 25.4 Å². The number of halogens is 3. The summed E-state index contributed by atoms with van der Waals surface area (Å²) in [6.45, 7) is 1.50. The number of benzene rings is 3. The maximum atomic E-state index is 14.8. The number of terminal acetylenes is 1. The van der Waals surface area contributed by atoms with Gasteiger partial charge in [-0.3, -0.25) is 9.78 Å². The highest BCUT2D eigenvalue weighted by Crippen LogP contribution is 2.31. The summed E-state index contributed by atoms with van der Waals surface area (Å²) in [5.74, 6) is -0.747. The number of hydrogen-bond acceptors (Lipinski definition) is 6. The standard InChI is InChI=1S/C30H31FN3O2P.C4H8F2NO2P.C2H2/c31-28-18-33-19-29(26(28)12-9-24-17-32-13-14-36-24)34-30(35)16-27(21-7-10-25(37)11-8-21)23-6-5-20-3-1-2-4-22(20)15-23;1-9-3(8)7-2-4(5,6)10;1-2/h1-8,10-11,15,18-19,24,27,32H,9,12-14,16-17,37H2,(H,34,35);2,10H2,1H3,(H,7,8);1-2H/t24-,27-;;/m1../s1. The molecule has 1 aliphatic heterocycles. The van der Waals surface area contributed by atoms with Crippen molar-refractivity contribution in [2.45, 2.75) is 36.9 Å². The lowest BCUT2D eigenvalue weighted by Gasteiger charge is -2.24. The molecule has 3 aromatic carbocycles. The van der Waals surface area contributed by atoms with Crippen LogP contribution in [0.2, 0.25) is 0 Å². The quantitative estimate of drug-likeness (QED) is 0.138. The number of hydrogen-bond donors (Lipinski definition) is 3. The summed E-state index contributed by atoms with van der Waals surface area (Å²) < 4.78 is 48.4. The zero-order chi connectivity index (χ0) is 35.8. The third kappa shape index (κ3) is 13.1. The third-order valence-electron chi connectivity index (χ3n) is 7.56. The van der Waals surface area contributed by atoms with E-state index in [1.165, 1.54) is 21.6 Å². The largest absolute Gasteiger partial charge is 0.453 e. The van der Waals surface area contributed by atoms with Crippen molar-refractivity contribution in [2.24, 2.45) is 0 Å². The molecule has 0 spiro atoms. The second kappa shape index (κ2) is 19.8. The van der Waals surface area contributed by atoms with Crippen LogP contribution in [0.5, 0.6) is 0 Å². The minimum atomic E-state index is -2.96. The Labute approximate surface area is 289 Å². The summed E-state index contributed by atoms with van der Waals surface area (Å²) in [5, 5.41) is 11.5. The van der Waals surface area contributed by atoms with Crippen LogP contribution in [0.25, 0.3) is 10.8 Å². The van der Waals surface area contributed by atoms with Crippen LogP contribution < -0.4 is 21.3 Å². The van der Waals surface area contributed by atoms with Gasteiger partial charge in [0.15, 0.2) is 0 Å². The molecule has 3 N–H and O–H groups in total. The molecule has 0 aliphatic carbocycles. The number of pyridine rings is 1. The van der Waals surface area contributed by atoms with Crippen LogP contribution in [0.4, 0.5) is 23.7 Å². The maximum Gasteiger partial charge on any atom is 0.407 e. The predicted molar refractivity (Wildman–Crippen MR) is 195 cm³/mol. The molecular weight excluding hydrogens is 671 g/mol. The Kier molecular flexibility index (Phi) is 15.9. The molecule has 1 aromatic heterocycles. The molecule has 1 saturated heterocycles. The van der Waals surface area contributed by atoms with Crippen LogP contribution in [0, 0.1) is 18.7 Å². The second-order valence-electron chi connectivity index (χ2n) is 11.1. The predicted octanol–water partition coefficient (Wildman–Crippen LogP) is 6.02. The monoisotopic (exact) mass is 712 g/mol. The summed E-state index contributed by atoms with van der Waals surface area (Å²) in [7, 11) is 5.10. The highest BCUT2D eigenvalue weighted by atomic mass is 31.0. The highest BCUT2D eigenvalue weighted by molar-refractivity contribution is 7.27. The van der Waals surface area contributed by atoms with Crippen molar-refractivity contribution < 1.29 is 32.2 Å². The van der Waals surface area contributed by atoms with Crippen LogP contribution in [-0.4, -0.2) is 62.1 Å². The molecule has 4 atom stereocenters. The number of rotatable bonds is 10. The zero-order valence-corrected chi connectivity index (χ0v) is 29.4. The van der Waals surface area contributed by atoms with E-state index in [9.17, 15) is 22.8 Å². The van der Waals surface area contributed by atoms with Gasteiger partial charge in [-0.25, -0.2) is 18.0 Å². The number of fused-ring (bicyclic) bond motifs is 1. The smallest absolute Gasteiger partial charge is 0.407 e. The lowest BCUT2D eigenvalue weighted by molar-refractivity contribution is -0.116. The third-order valence-corrected chi connectivity index (χ3v) is 8.15. The van der Waals surface area contributed by atoms with Crippen LogP contribution in [-0.2, 0) is 20.7 Å². The molecule has 49 heavy (non-hydrogen) atoms. The lowest BCUT2D eigenvalue weighted by Crippen LogP contribution is -2.38. The first kappa shape index (κ1) is 39.4. The van der Waals surface area contributed by atoms with Gasteiger partial charge in [0.2, 0.25) is 5.91 Å². The Morgan fingerprint density at radius 2 is 1.78 bits per heavy atom. The van der Waals surface area contributed by atoms with Crippen molar-refractivity contribution >= 4 is 52.2 Å². The summed E-state index contributed by atoms with van der Waals surface area (Å²) in [6.07, 6.45) is 11.2. The minimum absolute atomic E-state index is 0.0295. The van der Waals surface area contributed by atoms with Crippen molar-refractivity contribution in [1.82, 2.24) is 15.6 Å². The Hall–Kier alpha value is -4.06. The Balaban J connectivity index is 0.000000468. The van der Waals surface area contributed by atoms with Gasteiger partial charge in [0.25, 0.3) is 5.66 Å². The molecule has 8 nitrogen and oxygen atoms in total. The molecule has 1 aliphatic rings. The van der Waals surface area contributed by atoms with Crippen LogP contribution in [0.3, 0.4) is 0 Å². The van der Waals surface area contributed by atoms with E-state index in [1.807, 2.05) is 29.6 Å². The Bertz CT molecular complexity index is 1680. The molecule has 2 heterocycles. The van der Waals surface area contributed by atoms with Crippen molar-refractivity contribution in [2.75, 3.05) is 38.7 Å². The number of methoxy groups -OCH3 is 1.